The molecule has 19 heavy (non-hydrogen) atoms. The Balaban J connectivity index is 2.82. The van der Waals surface area contributed by atoms with Crippen LogP contribution in [0.2, 0.25) is 0 Å². The molecule has 2 unspecified atom stereocenters. The Kier molecular flexibility index (Phi) is 6.95. The van der Waals surface area contributed by atoms with Crippen molar-refractivity contribution in [3.05, 3.63) is 35.4 Å². The summed E-state index contributed by atoms with van der Waals surface area (Å²) in [4.78, 5) is 0. The molecule has 1 N–H and O–H groups in total. The molecule has 1 aromatic rings. The summed E-state index contributed by atoms with van der Waals surface area (Å²) < 4.78 is 31.7. The molecule has 0 saturated carbocycles. The molecule has 0 aromatic heterocycles. The van der Waals surface area contributed by atoms with Gasteiger partial charge in [-0.05, 0) is 43.0 Å². The normalized spacial score (nSPS) is 14.4. The van der Waals surface area contributed by atoms with Gasteiger partial charge in [-0.25, -0.2) is 8.78 Å². The first-order chi connectivity index (χ1) is 9.06. The van der Waals surface area contributed by atoms with Crippen LogP contribution in [0.1, 0.15) is 38.3 Å². The Morgan fingerprint density at radius 2 is 1.84 bits per heavy atom. The molecule has 0 amide bonds. The van der Waals surface area contributed by atoms with Crippen LogP contribution in [-0.2, 0) is 4.74 Å². The fourth-order valence-electron chi connectivity index (χ4n) is 2.19. The summed E-state index contributed by atoms with van der Waals surface area (Å²) in [6, 6.07) is 3.65. The van der Waals surface area contributed by atoms with Crippen LogP contribution in [0, 0.1) is 17.6 Å². The Bertz CT molecular complexity index is 364. The highest BCUT2D eigenvalue weighted by Crippen LogP contribution is 2.23. The minimum absolute atomic E-state index is 0.0460. The highest BCUT2D eigenvalue weighted by Gasteiger charge is 2.16. The smallest absolute Gasteiger partial charge is 0.126 e. The van der Waals surface area contributed by atoms with Gasteiger partial charge in [0.25, 0.3) is 0 Å². The maximum atomic E-state index is 13.3. The van der Waals surface area contributed by atoms with E-state index in [1.165, 1.54) is 12.1 Å². The third-order valence-corrected chi connectivity index (χ3v) is 3.02. The van der Waals surface area contributed by atoms with E-state index in [2.05, 4.69) is 19.2 Å². The second kappa shape index (κ2) is 8.23. The van der Waals surface area contributed by atoms with Crippen molar-refractivity contribution in [1.29, 1.82) is 0 Å². The zero-order valence-electron chi connectivity index (χ0n) is 11.9. The van der Waals surface area contributed by atoms with Gasteiger partial charge in [-0.15, -0.1) is 0 Å². The van der Waals surface area contributed by atoms with Gasteiger partial charge in [-0.1, -0.05) is 13.8 Å². The van der Waals surface area contributed by atoms with Gasteiger partial charge in [-0.2, -0.15) is 0 Å². The first-order valence-corrected chi connectivity index (χ1v) is 6.75. The number of hydrogen-bond acceptors (Lipinski definition) is 2. The number of nitrogens with one attached hydrogen (secondary N) is 1. The van der Waals surface area contributed by atoms with Crippen molar-refractivity contribution in [2.75, 3.05) is 20.3 Å². The molecule has 2 atom stereocenters. The summed E-state index contributed by atoms with van der Waals surface area (Å²) in [5.41, 5.74) is 0.661. The molecule has 0 aliphatic rings. The average Bonchev–Trinajstić information content (AvgIpc) is 2.33. The van der Waals surface area contributed by atoms with Gasteiger partial charge in [0.15, 0.2) is 0 Å². The van der Waals surface area contributed by atoms with Crippen LogP contribution in [0.4, 0.5) is 8.78 Å². The molecule has 0 aliphatic heterocycles. The summed E-state index contributed by atoms with van der Waals surface area (Å²) in [6.07, 6.45) is 1.77. The maximum Gasteiger partial charge on any atom is 0.126 e. The number of benzene rings is 1. The summed E-state index contributed by atoms with van der Waals surface area (Å²) in [7, 11) is 1.66. The Morgan fingerprint density at radius 1 is 1.21 bits per heavy atom. The minimum Gasteiger partial charge on any atom is -0.384 e. The lowest BCUT2D eigenvalue weighted by molar-refractivity contribution is 0.149. The largest absolute Gasteiger partial charge is 0.384 e. The predicted molar refractivity (Wildman–Crippen MR) is 73.0 cm³/mol. The lowest BCUT2D eigenvalue weighted by Gasteiger charge is -2.22. The molecule has 1 aromatic carbocycles. The van der Waals surface area contributed by atoms with Crippen molar-refractivity contribution in [1.82, 2.24) is 5.32 Å². The van der Waals surface area contributed by atoms with E-state index in [1.54, 1.807) is 7.11 Å². The van der Waals surface area contributed by atoms with E-state index < -0.39 is 11.6 Å². The van der Waals surface area contributed by atoms with E-state index in [4.69, 9.17) is 4.74 Å². The number of ether oxygens (including phenoxy) is 1. The summed E-state index contributed by atoms with van der Waals surface area (Å²) in [6.45, 7) is 5.60. The molecule has 0 fully saturated rings. The fraction of sp³-hybridized carbons (Fsp3) is 0.600. The van der Waals surface area contributed by atoms with Crippen molar-refractivity contribution < 1.29 is 13.5 Å². The van der Waals surface area contributed by atoms with Gasteiger partial charge >= 0.3 is 0 Å². The highest BCUT2D eigenvalue weighted by molar-refractivity contribution is 5.21. The minimum atomic E-state index is -0.530. The van der Waals surface area contributed by atoms with E-state index in [9.17, 15) is 8.78 Å². The summed E-state index contributed by atoms with van der Waals surface area (Å²) >= 11 is 0. The van der Waals surface area contributed by atoms with Crippen LogP contribution in [0.5, 0.6) is 0 Å². The van der Waals surface area contributed by atoms with Crippen LogP contribution in [0.3, 0.4) is 0 Å². The Morgan fingerprint density at radius 3 is 2.37 bits per heavy atom. The van der Waals surface area contributed by atoms with Gasteiger partial charge in [0.05, 0.1) is 0 Å². The maximum absolute atomic E-state index is 13.3. The molecule has 2 nitrogen and oxygen atoms in total. The Hall–Kier alpha value is -1.00. The second-order valence-electron chi connectivity index (χ2n) is 5.01. The van der Waals surface area contributed by atoms with E-state index in [0.717, 1.165) is 25.5 Å². The number of halogens is 2. The average molecular weight is 271 g/mol. The van der Waals surface area contributed by atoms with E-state index in [0.29, 0.717) is 18.1 Å². The molecule has 0 bridgehead atoms. The van der Waals surface area contributed by atoms with Crippen LogP contribution < -0.4 is 5.32 Å². The van der Waals surface area contributed by atoms with Crippen molar-refractivity contribution in [3.63, 3.8) is 0 Å². The van der Waals surface area contributed by atoms with Crippen LogP contribution in [0.25, 0.3) is 0 Å². The first kappa shape index (κ1) is 16.1. The van der Waals surface area contributed by atoms with Crippen molar-refractivity contribution in [2.45, 2.75) is 32.7 Å². The third kappa shape index (κ3) is 5.66. The van der Waals surface area contributed by atoms with Crippen molar-refractivity contribution in [2.24, 2.45) is 5.92 Å². The number of hydrogen-bond donors (Lipinski definition) is 1. The zero-order chi connectivity index (χ0) is 14.3. The molecular weight excluding hydrogens is 248 g/mol. The van der Waals surface area contributed by atoms with Gasteiger partial charge in [0.1, 0.15) is 11.6 Å². The van der Waals surface area contributed by atoms with Crippen molar-refractivity contribution in [3.8, 4) is 0 Å². The molecule has 4 heteroatoms. The van der Waals surface area contributed by atoms with Crippen LogP contribution in [0.15, 0.2) is 18.2 Å². The zero-order valence-corrected chi connectivity index (χ0v) is 11.9. The third-order valence-electron chi connectivity index (χ3n) is 3.02. The number of methoxy groups -OCH3 is 1. The van der Waals surface area contributed by atoms with Gasteiger partial charge < -0.3 is 10.1 Å². The predicted octanol–water partition coefficient (Wildman–Crippen LogP) is 3.68. The van der Waals surface area contributed by atoms with Gasteiger partial charge in [0, 0.05) is 25.8 Å². The van der Waals surface area contributed by atoms with E-state index >= 15 is 0 Å². The standard InChI is InChI=1S/C15H23F2NO/c1-4-5-18-15(6-11(2)10-19-3)12-7-13(16)9-14(17)8-12/h7-9,11,15,18H,4-6,10H2,1-3H3. The molecule has 108 valence electrons. The van der Waals surface area contributed by atoms with E-state index in [1.807, 2.05) is 0 Å². The molecular formula is C15H23F2NO. The quantitative estimate of drug-likeness (QED) is 0.778. The number of rotatable bonds is 8. The van der Waals surface area contributed by atoms with Gasteiger partial charge in [0.2, 0.25) is 0 Å². The lowest BCUT2D eigenvalue weighted by atomic mass is 9.96. The SMILES string of the molecule is CCCNC(CC(C)COC)c1cc(F)cc(F)c1. The lowest BCUT2D eigenvalue weighted by Crippen LogP contribution is -2.25. The molecule has 0 saturated heterocycles. The van der Waals surface area contributed by atoms with E-state index in [-0.39, 0.29) is 6.04 Å². The van der Waals surface area contributed by atoms with Gasteiger partial charge in [-0.3, -0.25) is 0 Å². The first-order valence-electron chi connectivity index (χ1n) is 6.75. The molecule has 1 rings (SSSR count). The monoisotopic (exact) mass is 271 g/mol. The Labute approximate surface area is 114 Å². The molecule has 0 radical (unpaired) electrons. The molecule has 0 heterocycles. The topological polar surface area (TPSA) is 21.3 Å². The van der Waals surface area contributed by atoms with Crippen molar-refractivity contribution >= 4 is 0 Å². The molecule has 0 aliphatic carbocycles. The van der Waals surface area contributed by atoms with Crippen LogP contribution >= 0.6 is 0 Å². The highest BCUT2D eigenvalue weighted by atomic mass is 19.1. The molecule has 0 spiro atoms. The summed E-state index contributed by atoms with van der Waals surface area (Å²) in [5, 5.41) is 3.34. The summed E-state index contributed by atoms with van der Waals surface area (Å²) in [5.74, 6) is -0.735. The second-order valence-corrected chi connectivity index (χ2v) is 5.01. The fourth-order valence-corrected chi connectivity index (χ4v) is 2.19. The van der Waals surface area contributed by atoms with Crippen LogP contribution in [-0.4, -0.2) is 20.3 Å².